The molecule has 0 saturated heterocycles. The zero-order valence-electron chi connectivity index (χ0n) is 8.80. The Kier molecular flexibility index (Phi) is 4.12. The quantitative estimate of drug-likeness (QED) is 0.614. The number of rotatable bonds is 5. The normalized spacial score (nSPS) is 11.8. The second-order valence-electron chi connectivity index (χ2n) is 3.33. The molecule has 0 spiro atoms. The maximum Gasteiger partial charge on any atom is 0.219 e. The van der Waals surface area contributed by atoms with Crippen molar-refractivity contribution >= 4 is 28.9 Å². The first-order valence-corrected chi connectivity index (χ1v) is 5.07. The van der Waals surface area contributed by atoms with Crippen LogP contribution >= 0.6 is 12.2 Å². The van der Waals surface area contributed by atoms with E-state index >= 15 is 0 Å². The van der Waals surface area contributed by atoms with Gasteiger partial charge in [-0.1, -0.05) is 12.2 Å². The molecule has 7 heteroatoms. The molecule has 5 N–H and O–H groups in total. The van der Waals surface area contributed by atoms with Gasteiger partial charge in [-0.05, 0) is 6.92 Å². The molecule has 1 aromatic heterocycles. The van der Waals surface area contributed by atoms with Gasteiger partial charge in [-0.2, -0.15) is 0 Å². The number of primary amides is 1. The molecular weight excluding hydrogens is 226 g/mol. The number of thiocarbonyl (C=S) groups is 1. The lowest BCUT2D eigenvalue weighted by Gasteiger charge is -2.14. The van der Waals surface area contributed by atoms with Crippen molar-refractivity contribution in [2.45, 2.75) is 19.4 Å². The second-order valence-corrected chi connectivity index (χ2v) is 3.77. The van der Waals surface area contributed by atoms with E-state index < -0.39 is 0 Å². The molecule has 0 fully saturated rings. The first kappa shape index (κ1) is 12.3. The van der Waals surface area contributed by atoms with E-state index in [0.29, 0.717) is 11.5 Å². The molecule has 0 aliphatic carbocycles. The standard InChI is InChI=1S/C9H13N5OS/c1-5(4-6(10)15)14-9-7(8(11)16)12-2-3-13-9/h2-3,5H,4H2,1H3,(H2,10,15)(H2,11,16)(H,13,14). The summed E-state index contributed by atoms with van der Waals surface area (Å²) >= 11 is 4.83. The minimum absolute atomic E-state index is 0.151. The molecule has 0 bridgehead atoms. The van der Waals surface area contributed by atoms with Crippen LogP contribution < -0.4 is 16.8 Å². The maximum atomic E-state index is 10.7. The van der Waals surface area contributed by atoms with Crippen molar-refractivity contribution in [3.8, 4) is 0 Å². The monoisotopic (exact) mass is 239 g/mol. The molecular formula is C9H13N5OS. The lowest BCUT2D eigenvalue weighted by atomic mass is 10.2. The predicted molar refractivity (Wildman–Crippen MR) is 64.8 cm³/mol. The fourth-order valence-electron chi connectivity index (χ4n) is 1.21. The molecule has 0 saturated carbocycles. The van der Waals surface area contributed by atoms with E-state index in [1.54, 1.807) is 0 Å². The zero-order chi connectivity index (χ0) is 12.1. The van der Waals surface area contributed by atoms with Crippen molar-refractivity contribution in [2.24, 2.45) is 11.5 Å². The molecule has 6 nitrogen and oxygen atoms in total. The van der Waals surface area contributed by atoms with Crippen LogP contribution in [0.25, 0.3) is 0 Å². The van der Waals surface area contributed by atoms with Crippen LogP contribution in [0.1, 0.15) is 19.0 Å². The molecule has 1 amide bonds. The summed E-state index contributed by atoms with van der Waals surface area (Å²) in [7, 11) is 0. The van der Waals surface area contributed by atoms with Crippen molar-refractivity contribution in [1.29, 1.82) is 0 Å². The van der Waals surface area contributed by atoms with Crippen LogP contribution in [-0.2, 0) is 4.79 Å². The lowest BCUT2D eigenvalue weighted by molar-refractivity contribution is -0.118. The molecule has 1 aromatic rings. The number of amides is 1. The minimum atomic E-state index is -0.388. The van der Waals surface area contributed by atoms with Crippen LogP contribution in [0.3, 0.4) is 0 Å². The summed E-state index contributed by atoms with van der Waals surface area (Å²) in [6, 6.07) is -0.151. The number of nitrogens with zero attached hydrogens (tertiary/aromatic N) is 2. The van der Waals surface area contributed by atoms with Crippen molar-refractivity contribution in [1.82, 2.24) is 9.97 Å². The fourth-order valence-corrected chi connectivity index (χ4v) is 1.36. The van der Waals surface area contributed by atoms with Gasteiger partial charge in [0.25, 0.3) is 0 Å². The highest BCUT2D eigenvalue weighted by molar-refractivity contribution is 7.80. The van der Waals surface area contributed by atoms with Gasteiger partial charge in [0.1, 0.15) is 10.7 Å². The molecule has 0 aromatic carbocycles. The van der Waals surface area contributed by atoms with Crippen LogP contribution in [0.4, 0.5) is 5.82 Å². The van der Waals surface area contributed by atoms with Crippen molar-refractivity contribution in [2.75, 3.05) is 5.32 Å². The Labute approximate surface area is 98.4 Å². The van der Waals surface area contributed by atoms with E-state index in [9.17, 15) is 4.79 Å². The van der Waals surface area contributed by atoms with Crippen molar-refractivity contribution in [3.05, 3.63) is 18.1 Å². The van der Waals surface area contributed by atoms with Gasteiger partial charge in [0.15, 0.2) is 5.82 Å². The van der Waals surface area contributed by atoms with Crippen LogP contribution in [-0.4, -0.2) is 26.9 Å². The Morgan fingerprint density at radius 1 is 1.50 bits per heavy atom. The van der Waals surface area contributed by atoms with E-state index in [2.05, 4.69) is 15.3 Å². The molecule has 0 aliphatic heterocycles. The van der Waals surface area contributed by atoms with Crippen LogP contribution in [0.5, 0.6) is 0 Å². The molecule has 1 rings (SSSR count). The van der Waals surface area contributed by atoms with E-state index in [0.717, 1.165) is 0 Å². The molecule has 86 valence electrons. The van der Waals surface area contributed by atoms with Gasteiger partial charge >= 0.3 is 0 Å². The Balaban J connectivity index is 2.80. The van der Waals surface area contributed by atoms with Gasteiger partial charge in [-0.15, -0.1) is 0 Å². The SMILES string of the molecule is CC(CC(N)=O)Nc1nccnc1C(N)=S. The number of carbonyl (C=O) groups excluding carboxylic acids is 1. The van der Waals surface area contributed by atoms with Gasteiger partial charge < -0.3 is 16.8 Å². The fraction of sp³-hybridized carbons (Fsp3) is 0.333. The summed E-state index contributed by atoms with van der Waals surface area (Å²) in [5.74, 6) is 0.0736. The summed E-state index contributed by atoms with van der Waals surface area (Å²) in [5, 5.41) is 2.98. The highest BCUT2D eigenvalue weighted by Crippen LogP contribution is 2.10. The maximum absolute atomic E-state index is 10.7. The number of nitrogens with one attached hydrogen (secondary N) is 1. The summed E-state index contributed by atoms with van der Waals surface area (Å²) in [6.07, 6.45) is 3.22. The molecule has 0 radical (unpaired) electrons. The summed E-state index contributed by atoms with van der Waals surface area (Å²) in [5.41, 5.74) is 11.0. The third kappa shape index (κ3) is 3.43. The number of hydrogen-bond donors (Lipinski definition) is 3. The average Bonchev–Trinajstić information content (AvgIpc) is 2.16. The number of carbonyl (C=O) groups is 1. The number of nitrogens with two attached hydrogens (primary N) is 2. The van der Waals surface area contributed by atoms with Gasteiger partial charge in [0.05, 0.1) is 0 Å². The summed E-state index contributed by atoms with van der Waals surface area (Å²) in [4.78, 5) is 18.9. The molecule has 1 unspecified atom stereocenters. The third-order valence-corrected chi connectivity index (χ3v) is 2.02. The van der Waals surface area contributed by atoms with E-state index in [1.807, 2.05) is 6.92 Å². The number of anilines is 1. The Hall–Kier alpha value is -1.76. The first-order valence-electron chi connectivity index (χ1n) is 4.66. The second kappa shape index (κ2) is 5.36. The van der Waals surface area contributed by atoms with Crippen LogP contribution in [0.2, 0.25) is 0 Å². The zero-order valence-corrected chi connectivity index (χ0v) is 9.62. The van der Waals surface area contributed by atoms with Gasteiger partial charge in [0, 0.05) is 24.9 Å². The highest BCUT2D eigenvalue weighted by Gasteiger charge is 2.11. The van der Waals surface area contributed by atoms with Gasteiger partial charge in [0.2, 0.25) is 5.91 Å². The minimum Gasteiger partial charge on any atom is -0.388 e. The van der Waals surface area contributed by atoms with Crippen molar-refractivity contribution in [3.63, 3.8) is 0 Å². The lowest BCUT2D eigenvalue weighted by Crippen LogP contribution is -2.26. The first-order chi connectivity index (χ1) is 7.50. The highest BCUT2D eigenvalue weighted by atomic mass is 32.1. The molecule has 0 aliphatic rings. The smallest absolute Gasteiger partial charge is 0.219 e. The summed E-state index contributed by atoms with van der Waals surface area (Å²) < 4.78 is 0. The van der Waals surface area contributed by atoms with E-state index in [4.69, 9.17) is 23.7 Å². The van der Waals surface area contributed by atoms with E-state index in [-0.39, 0.29) is 23.4 Å². The molecule has 16 heavy (non-hydrogen) atoms. The van der Waals surface area contributed by atoms with Gasteiger partial charge in [-0.25, -0.2) is 9.97 Å². The Bertz CT molecular complexity index is 409. The van der Waals surface area contributed by atoms with E-state index in [1.165, 1.54) is 12.4 Å². The molecule has 1 atom stereocenters. The van der Waals surface area contributed by atoms with Gasteiger partial charge in [-0.3, -0.25) is 4.79 Å². The largest absolute Gasteiger partial charge is 0.388 e. The third-order valence-electron chi connectivity index (χ3n) is 1.82. The Morgan fingerprint density at radius 3 is 2.69 bits per heavy atom. The molecule has 1 heterocycles. The van der Waals surface area contributed by atoms with Crippen LogP contribution in [0.15, 0.2) is 12.4 Å². The number of hydrogen-bond acceptors (Lipinski definition) is 5. The predicted octanol–water partition coefficient (Wildman–Crippen LogP) is -0.213. The van der Waals surface area contributed by atoms with Crippen molar-refractivity contribution < 1.29 is 4.79 Å². The number of aromatic nitrogens is 2. The Morgan fingerprint density at radius 2 is 2.12 bits per heavy atom. The van der Waals surface area contributed by atoms with Crippen LogP contribution in [0, 0.1) is 0 Å². The average molecular weight is 239 g/mol. The topological polar surface area (TPSA) is 107 Å². The summed E-state index contributed by atoms with van der Waals surface area (Å²) in [6.45, 7) is 1.81.